The van der Waals surface area contributed by atoms with Crippen LogP contribution in [-0.4, -0.2) is 11.9 Å². The molecule has 3 heteroatoms. The fourth-order valence-electron chi connectivity index (χ4n) is 1.59. The summed E-state index contributed by atoms with van der Waals surface area (Å²) >= 11 is 0. The van der Waals surface area contributed by atoms with Gasteiger partial charge in [-0.1, -0.05) is 31.4 Å². The molecule has 0 spiro atoms. The Bertz CT molecular complexity index is 488. The van der Waals surface area contributed by atoms with Crippen LogP contribution in [0.2, 0.25) is 0 Å². The average Bonchev–Trinajstić information content (AvgIpc) is 2.25. The molecule has 0 aromatic carbocycles. The van der Waals surface area contributed by atoms with Gasteiger partial charge >= 0.3 is 11.9 Å². The number of carbonyl (C=O) groups is 2. The van der Waals surface area contributed by atoms with E-state index in [-0.39, 0.29) is 0 Å². The average molecular weight is 230 g/mol. The quantitative estimate of drug-likeness (QED) is 0.425. The second kappa shape index (κ2) is 5.25. The Morgan fingerprint density at radius 3 is 2.41 bits per heavy atom. The maximum Gasteiger partial charge on any atom is 0.346 e. The minimum Gasteiger partial charge on any atom is -0.386 e. The predicted molar refractivity (Wildman–Crippen MR) is 66.0 cm³/mol. The number of rotatable bonds is 3. The van der Waals surface area contributed by atoms with Crippen LogP contribution < -0.4 is 0 Å². The number of hydrogen-bond donors (Lipinski definition) is 0. The minimum atomic E-state index is -0.666. The predicted octanol–water partition coefficient (Wildman–Crippen LogP) is 2.63. The Morgan fingerprint density at radius 2 is 1.94 bits per heavy atom. The van der Waals surface area contributed by atoms with Crippen molar-refractivity contribution in [3.05, 3.63) is 59.8 Å². The SMILES string of the molecule is C=C/C=C1/C(=O)OC(=O)C(/C=C\C)=C1C(=C)C. The van der Waals surface area contributed by atoms with E-state index >= 15 is 0 Å². The van der Waals surface area contributed by atoms with E-state index in [9.17, 15) is 9.59 Å². The van der Waals surface area contributed by atoms with Crippen LogP contribution in [0.3, 0.4) is 0 Å². The standard InChI is InChI=1S/C14H14O3/c1-5-7-10-12(9(3)4)11(8-6-2)14(16)17-13(10)15/h5-8H,1,3H2,2,4H3/b8-6-,10-7+. The van der Waals surface area contributed by atoms with Crippen LogP contribution in [0.5, 0.6) is 0 Å². The fourth-order valence-corrected chi connectivity index (χ4v) is 1.59. The fraction of sp³-hybridized carbons (Fsp3) is 0.143. The lowest BCUT2D eigenvalue weighted by Crippen LogP contribution is -2.24. The van der Waals surface area contributed by atoms with Crippen LogP contribution in [0, 0.1) is 0 Å². The summed E-state index contributed by atoms with van der Waals surface area (Å²) in [6.07, 6.45) is 6.31. The summed E-state index contributed by atoms with van der Waals surface area (Å²) in [7, 11) is 0. The summed E-state index contributed by atoms with van der Waals surface area (Å²) < 4.78 is 4.65. The van der Waals surface area contributed by atoms with E-state index in [1.54, 1.807) is 26.0 Å². The third-order valence-electron chi connectivity index (χ3n) is 2.21. The van der Waals surface area contributed by atoms with E-state index in [0.717, 1.165) is 0 Å². The summed E-state index contributed by atoms with van der Waals surface area (Å²) in [5, 5.41) is 0. The summed E-state index contributed by atoms with van der Waals surface area (Å²) in [4.78, 5) is 23.2. The number of hydrogen-bond acceptors (Lipinski definition) is 3. The van der Waals surface area contributed by atoms with Crippen molar-refractivity contribution in [1.82, 2.24) is 0 Å². The van der Waals surface area contributed by atoms with Gasteiger partial charge in [-0.3, -0.25) is 0 Å². The number of carbonyl (C=O) groups excluding carboxylic acids is 2. The molecule has 0 aromatic rings. The van der Waals surface area contributed by atoms with Gasteiger partial charge < -0.3 is 4.74 Å². The molecule has 0 bridgehead atoms. The van der Waals surface area contributed by atoms with Crippen LogP contribution in [0.25, 0.3) is 0 Å². The van der Waals surface area contributed by atoms with Crippen molar-refractivity contribution < 1.29 is 14.3 Å². The molecule has 0 saturated carbocycles. The zero-order chi connectivity index (χ0) is 13.0. The Labute approximate surface area is 100 Å². The highest BCUT2D eigenvalue weighted by Gasteiger charge is 2.30. The lowest BCUT2D eigenvalue weighted by atomic mass is 9.92. The van der Waals surface area contributed by atoms with E-state index in [4.69, 9.17) is 0 Å². The largest absolute Gasteiger partial charge is 0.386 e. The molecule has 17 heavy (non-hydrogen) atoms. The van der Waals surface area contributed by atoms with Crippen LogP contribution in [0.15, 0.2) is 59.8 Å². The second-order valence-electron chi connectivity index (χ2n) is 3.56. The number of ether oxygens (including phenoxy) is 1. The maximum absolute atomic E-state index is 11.6. The first-order valence-corrected chi connectivity index (χ1v) is 5.15. The molecule has 1 rings (SSSR count). The molecule has 88 valence electrons. The zero-order valence-electron chi connectivity index (χ0n) is 9.95. The first kappa shape index (κ1) is 12.9. The van der Waals surface area contributed by atoms with Gasteiger partial charge in [0.1, 0.15) is 0 Å². The maximum atomic E-state index is 11.6. The highest BCUT2D eigenvalue weighted by Crippen LogP contribution is 2.29. The van der Waals surface area contributed by atoms with Crippen LogP contribution in [0.1, 0.15) is 13.8 Å². The van der Waals surface area contributed by atoms with Gasteiger partial charge in [-0.15, -0.1) is 0 Å². The number of esters is 2. The molecule has 1 heterocycles. The molecule has 0 aromatic heterocycles. The molecule has 0 amide bonds. The van der Waals surface area contributed by atoms with E-state index in [1.165, 1.54) is 12.2 Å². The molecule has 0 aliphatic carbocycles. The first-order valence-electron chi connectivity index (χ1n) is 5.15. The van der Waals surface area contributed by atoms with Crippen LogP contribution in [-0.2, 0) is 14.3 Å². The van der Waals surface area contributed by atoms with Gasteiger partial charge in [-0.05, 0) is 25.5 Å². The molecule has 0 N–H and O–H groups in total. The molecule has 1 aliphatic rings. The van der Waals surface area contributed by atoms with Gasteiger partial charge in [0.05, 0.1) is 11.1 Å². The molecular formula is C14H14O3. The van der Waals surface area contributed by atoms with E-state index in [2.05, 4.69) is 17.9 Å². The van der Waals surface area contributed by atoms with Gasteiger partial charge in [0.25, 0.3) is 0 Å². The van der Waals surface area contributed by atoms with Crippen molar-refractivity contribution in [3.63, 3.8) is 0 Å². The normalized spacial score (nSPS) is 18.8. The van der Waals surface area contributed by atoms with Crippen LogP contribution >= 0.6 is 0 Å². The highest BCUT2D eigenvalue weighted by molar-refractivity contribution is 6.12. The molecule has 0 radical (unpaired) electrons. The molecule has 0 fully saturated rings. The van der Waals surface area contributed by atoms with Crippen molar-refractivity contribution in [3.8, 4) is 0 Å². The van der Waals surface area contributed by atoms with Crippen molar-refractivity contribution in [2.24, 2.45) is 0 Å². The summed E-state index contributed by atoms with van der Waals surface area (Å²) in [5.74, 6) is -1.31. The van der Waals surface area contributed by atoms with Gasteiger partial charge in [0.15, 0.2) is 0 Å². The highest BCUT2D eigenvalue weighted by atomic mass is 16.6. The summed E-state index contributed by atoms with van der Waals surface area (Å²) in [5.41, 5.74) is 1.80. The monoisotopic (exact) mass is 230 g/mol. The minimum absolute atomic E-state index is 0.306. The number of cyclic esters (lactones) is 2. The third kappa shape index (κ3) is 2.50. The molecule has 0 atom stereocenters. The molecule has 3 nitrogen and oxygen atoms in total. The molecular weight excluding hydrogens is 216 g/mol. The van der Waals surface area contributed by atoms with E-state index in [0.29, 0.717) is 22.3 Å². The van der Waals surface area contributed by atoms with E-state index < -0.39 is 11.9 Å². The topological polar surface area (TPSA) is 43.4 Å². The van der Waals surface area contributed by atoms with Crippen molar-refractivity contribution in [2.45, 2.75) is 13.8 Å². The zero-order valence-corrected chi connectivity index (χ0v) is 9.95. The van der Waals surface area contributed by atoms with Crippen molar-refractivity contribution in [2.75, 3.05) is 0 Å². The van der Waals surface area contributed by atoms with E-state index in [1.807, 2.05) is 0 Å². The Morgan fingerprint density at radius 1 is 1.29 bits per heavy atom. The smallest absolute Gasteiger partial charge is 0.346 e. The van der Waals surface area contributed by atoms with Crippen molar-refractivity contribution >= 4 is 11.9 Å². The third-order valence-corrected chi connectivity index (χ3v) is 2.21. The first-order chi connectivity index (χ1) is 8.02. The summed E-state index contributed by atoms with van der Waals surface area (Å²) in [6, 6.07) is 0. The Hall–Kier alpha value is -2.16. The van der Waals surface area contributed by atoms with Crippen LogP contribution in [0.4, 0.5) is 0 Å². The second-order valence-corrected chi connectivity index (χ2v) is 3.56. The molecule has 0 unspecified atom stereocenters. The van der Waals surface area contributed by atoms with Gasteiger partial charge in [-0.2, -0.15) is 0 Å². The lowest BCUT2D eigenvalue weighted by Gasteiger charge is -2.19. The lowest BCUT2D eigenvalue weighted by molar-refractivity contribution is -0.154. The Kier molecular flexibility index (Phi) is 3.99. The molecule has 0 saturated heterocycles. The van der Waals surface area contributed by atoms with Crippen molar-refractivity contribution in [1.29, 1.82) is 0 Å². The number of allylic oxidation sites excluding steroid dienone is 4. The molecule has 1 aliphatic heterocycles. The van der Waals surface area contributed by atoms with Gasteiger partial charge in [-0.25, -0.2) is 9.59 Å². The van der Waals surface area contributed by atoms with Gasteiger partial charge in [0.2, 0.25) is 0 Å². The van der Waals surface area contributed by atoms with Gasteiger partial charge in [0, 0.05) is 5.57 Å². The Balaban J connectivity index is 3.56. The summed E-state index contributed by atoms with van der Waals surface area (Å²) in [6.45, 7) is 10.8.